The lowest BCUT2D eigenvalue weighted by Crippen LogP contribution is -2.30. The summed E-state index contributed by atoms with van der Waals surface area (Å²) in [6, 6.07) is 9.53. The SMILES string of the molecule is CC(=O)N(C1=C(Cl)CCC=C1Cl)c1ccc(CO)c(-c2ccc(C)cc2C)n1. The number of benzene rings is 1. The van der Waals surface area contributed by atoms with E-state index in [1.54, 1.807) is 12.1 Å². The second kappa shape index (κ2) is 8.48. The Balaban J connectivity index is 2.19. The second-order valence-corrected chi connectivity index (χ2v) is 7.72. The molecule has 0 radical (unpaired) electrons. The number of aryl methyl sites for hydroxylation is 2. The van der Waals surface area contributed by atoms with E-state index in [-0.39, 0.29) is 12.5 Å². The monoisotopic (exact) mass is 416 g/mol. The third-order valence-corrected chi connectivity index (χ3v) is 5.41. The van der Waals surface area contributed by atoms with Crippen LogP contribution in [0.1, 0.15) is 36.5 Å². The van der Waals surface area contributed by atoms with Crippen molar-refractivity contribution in [1.29, 1.82) is 0 Å². The number of carbonyl (C=O) groups excluding carboxylic acids is 1. The standard InChI is InChI=1S/C22H22Cl2N2O2/c1-13-7-9-17(14(2)11-13)21-16(12-27)8-10-20(25-21)26(15(3)28)22-18(23)5-4-6-19(22)24/h5,7-11,27H,4,6,12H2,1-3H3. The molecule has 1 aliphatic rings. The summed E-state index contributed by atoms with van der Waals surface area (Å²) in [7, 11) is 0. The maximum Gasteiger partial charge on any atom is 0.229 e. The minimum atomic E-state index is -0.238. The summed E-state index contributed by atoms with van der Waals surface area (Å²) in [6.45, 7) is 5.33. The number of aromatic nitrogens is 1. The number of nitrogens with zero attached hydrogens (tertiary/aromatic N) is 2. The summed E-state index contributed by atoms with van der Waals surface area (Å²) < 4.78 is 0. The molecule has 0 saturated heterocycles. The summed E-state index contributed by atoms with van der Waals surface area (Å²) in [5.74, 6) is 0.179. The van der Waals surface area contributed by atoms with Gasteiger partial charge in [0.05, 0.1) is 23.0 Å². The zero-order valence-corrected chi connectivity index (χ0v) is 17.6. The fourth-order valence-electron chi connectivity index (χ4n) is 3.37. The van der Waals surface area contributed by atoms with Crippen LogP contribution < -0.4 is 4.90 Å². The number of halogens is 2. The van der Waals surface area contributed by atoms with Crippen molar-refractivity contribution in [2.24, 2.45) is 0 Å². The molecule has 1 aromatic heterocycles. The van der Waals surface area contributed by atoms with Gasteiger partial charge in [-0.3, -0.25) is 9.69 Å². The number of hydrogen-bond acceptors (Lipinski definition) is 3. The summed E-state index contributed by atoms with van der Waals surface area (Å²) in [5.41, 5.74) is 4.88. The Hall–Kier alpha value is -2.14. The fraction of sp³-hybridized carbons (Fsp3) is 0.273. The van der Waals surface area contributed by atoms with Crippen molar-refractivity contribution in [1.82, 2.24) is 4.98 Å². The lowest BCUT2D eigenvalue weighted by Gasteiger charge is -2.27. The predicted molar refractivity (Wildman–Crippen MR) is 114 cm³/mol. The minimum absolute atomic E-state index is 0.153. The van der Waals surface area contributed by atoms with Gasteiger partial charge < -0.3 is 5.11 Å². The molecule has 1 aromatic carbocycles. The van der Waals surface area contributed by atoms with E-state index in [4.69, 9.17) is 28.2 Å². The van der Waals surface area contributed by atoms with Gasteiger partial charge in [-0.15, -0.1) is 0 Å². The van der Waals surface area contributed by atoms with E-state index in [1.807, 2.05) is 32.1 Å². The quantitative estimate of drug-likeness (QED) is 0.707. The molecule has 0 fully saturated rings. The van der Waals surface area contributed by atoms with Crippen molar-refractivity contribution >= 4 is 34.9 Å². The Morgan fingerprint density at radius 1 is 1.21 bits per heavy atom. The van der Waals surface area contributed by atoms with Crippen LogP contribution in [0.4, 0.5) is 5.82 Å². The van der Waals surface area contributed by atoms with Gasteiger partial charge in [-0.2, -0.15) is 0 Å². The van der Waals surface area contributed by atoms with Crippen molar-refractivity contribution in [3.05, 3.63) is 68.9 Å². The molecule has 1 heterocycles. The highest BCUT2D eigenvalue weighted by Crippen LogP contribution is 2.36. The summed E-state index contributed by atoms with van der Waals surface area (Å²) >= 11 is 12.8. The van der Waals surface area contributed by atoms with E-state index in [9.17, 15) is 9.90 Å². The number of carbonyl (C=O) groups is 1. The lowest BCUT2D eigenvalue weighted by atomic mass is 9.99. The van der Waals surface area contributed by atoms with Crippen LogP contribution in [0.15, 0.2) is 52.2 Å². The van der Waals surface area contributed by atoms with Crippen LogP contribution in [0.3, 0.4) is 0 Å². The van der Waals surface area contributed by atoms with Gasteiger partial charge in [0.15, 0.2) is 0 Å². The molecule has 0 bridgehead atoms. The first-order valence-corrected chi connectivity index (χ1v) is 9.83. The van der Waals surface area contributed by atoms with Gasteiger partial charge >= 0.3 is 0 Å². The zero-order valence-electron chi connectivity index (χ0n) is 16.1. The van der Waals surface area contributed by atoms with Gasteiger partial charge in [-0.25, -0.2) is 4.98 Å². The Kier molecular flexibility index (Phi) is 6.23. The molecule has 28 heavy (non-hydrogen) atoms. The van der Waals surface area contributed by atoms with Crippen LogP contribution in [-0.4, -0.2) is 16.0 Å². The normalized spacial score (nSPS) is 14.1. The Morgan fingerprint density at radius 2 is 1.96 bits per heavy atom. The average molecular weight is 417 g/mol. The maximum atomic E-state index is 12.5. The van der Waals surface area contributed by atoms with Gasteiger partial charge in [-0.1, -0.05) is 59.1 Å². The maximum absolute atomic E-state index is 12.5. The van der Waals surface area contributed by atoms with Crippen molar-refractivity contribution in [3.63, 3.8) is 0 Å². The van der Waals surface area contributed by atoms with Gasteiger partial charge in [-0.05, 0) is 38.3 Å². The van der Waals surface area contributed by atoms with E-state index in [0.29, 0.717) is 39.3 Å². The summed E-state index contributed by atoms with van der Waals surface area (Å²) in [4.78, 5) is 18.7. The molecule has 0 spiro atoms. The molecule has 0 aliphatic heterocycles. The Morgan fingerprint density at radius 3 is 2.57 bits per heavy atom. The Labute approximate surface area is 175 Å². The van der Waals surface area contributed by atoms with E-state index < -0.39 is 0 Å². The first-order chi connectivity index (χ1) is 13.3. The number of rotatable bonds is 4. The average Bonchev–Trinajstić information content (AvgIpc) is 2.64. The molecule has 3 rings (SSSR count). The van der Waals surface area contributed by atoms with Gasteiger partial charge in [0, 0.05) is 23.1 Å². The topological polar surface area (TPSA) is 53.4 Å². The number of amides is 1. The smallest absolute Gasteiger partial charge is 0.229 e. The van der Waals surface area contributed by atoms with Gasteiger partial charge in [0.2, 0.25) is 5.91 Å². The fourth-order valence-corrected chi connectivity index (χ4v) is 4.03. The molecular formula is C22H22Cl2N2O2. The molecule has 0 unspecified atom stereocenters. The van der Waals surface area contributed by atoms with E-state index in [1.165, 1.54) is 11.8 Å². The van der Waals surface area contributed by atoms with Crippen LogP contribution in [0.25, 0.3) is 11.3 Å². The third-order valence-electron chi connectivity index (χ3n) is 4.71. The van der Waals surface area contributed by atoms with Crippen LogP contribution in [0.5, 0.6) is 0 Å². The molecule has 0 saturated carbocycles. The predicted octanol–water partition coefficient (Wildman–Crippen LogP) is 5.58. The zero-order chi connectivity index (χ0) is 20.4. The highest BCUT2D eigenvalue weighted by Gasteiger charge is 2.26. The number of aliphatic hydroxyl groups excluding tert-OH is 1. The Bertz CT molecular complexity index is 996. The van der Waals surface area contributed by atoms with Crippen LogP contribution >= 0.6 is 23.2 Å². The first-order valence-electron chi connectivity index (χ1n) is 9.07. The number of allylic oxidation sites excluding steroid dienone is 3. The first kappa shape index (κ1) is 20.6. The molecule has 6 heteroatoms. The highest BCUT2D eigenvalue weighted by atomic mass is 35.5. The number of aliphatic hydroxyl groups is 1. The van der Waals surface area contributed by atoms with E-state index in [0.717, 1.165) is 23.1 Å². The van der Waals surface area contributed by atoms with Gasteiger partial charge in [0.25, 0.3) is 0 Å². The van der Waals surface area contributed by atoms with Crippen LogP contribution in [0.2, 0.25) is 0 Å². The lowest BCUT2D eigenvalue weighted by molar-refractivity contribution is -0.116. The molecular weight excluding hydrogens is 395 g/mol. The van der Waals surface area contributed by atoms with Crippen molar-refractivity contribution in [3.8, 4) is 11.3 Å². The molecule has 0 atom stereocenters. The summed E-state index contributed by atoms with van der Waals surface area (Å²) in [6.07, 6.45) is 3.21. The molecule has 1 amide bonds. The minimum Gasteiger partial charge on any atom is -0.392 e. The largest absolute Gasteiger partial charge is 0.392 e. The number of hydrogen-bond donors (Lipinski definition) is 1. The molecule has 2 aromatic rings. The highest BCUT2D eigenvalue weighted by molar-refractivity contribution is 6.37. The molecule has 146 valence electrons. The second-order valence-electron chi connectivity index (χ2n) is 6.85. The van der Waals surface area contributed by atoms with E-state index >= 15 is 0 Å². The summed E-state index contributed by atoms with van der Waals surface area (Å²) in [5, 5.41) is 10.8. The van der Waals surface area contributed by atoms with E-state index in [2.05, 4.69) is 6.07 Å². The van der Waals surface area contributed by atoms with Gasteiger partial charge in [0.1, 0.15) is 5.82 Å². The van der Waals surface area contributed by atoms with Crippen molar-refractivity contribution < 1.29 is 9.90 Å². The number of anilines is 1. The van der Waals surface area contributed by atoms with Crippen LogP contribution in [0, 0.1) is 13.8 Å². The third kappa shape index (κ3) is 4.00. The van der Waals surface area contributed by atoms with Crippen molar-refractivity contribution in [2.75, 3.05) is 4.90 Å². The van der Waals surface area contributed by atoms with Crippen molar-refractivity contribution in [2.45, 2.75) is 40.2 Å². The molecule has 1 aliphatic carbocycles. The molecule has 4 nitrogen and oxygen atoms in total. The molecule has 1 N–H and O–H groups in total. The van der Waals surface area contributed by atoms with Crippen LogP contribution in [-0.2, 0) is 11.4 Å². The number of pyridine rings is 1.